The summed E-state index contributed by atoms with van der Waals surface area (Å²) in [5.74, 6) is -6.97. The van der Waals surface area contributed by atoms with Gasteiger partial charge in [0.05, 0.1) is 19.1 Å². The summed E-state index contributed by atoms with van der Waals surface area (Å²) in [5, 5.41) is 39.8. The van der Waals surface area contributed by atoms with Crippen LogP contribution in [0.25, 0.3) is 0 Å². The molecule has 0 heterocycles. The summed E-state index contributed by atoms with van der Waals surface area (Å²) in [6.45, 7) is 3.38. The van der Waals surface area contributed by atoms with Gasteiger partial charge in [-0.15, -0.1) is 0 Å². The lowest BCUT2D eigenvalue weighted by atomic mass is 10.0. The monoisotopic (exact) mass is 651 g/mol. The molecule has 46 heavy (non-hydrogen) atoms. The lowest BCUT2D eigenvalue weighted by Crippen LogP contribution is -2.63. The van der Waals surface area contributed by atoms with E-state index in [9.17, 15) is 43.8 Å². The first kappa shape index (κ1) is 39.4. The minimum Gasteiger partial charge on any atom is -0.481 e. The number of rotatable bonds is 20. The molecule has 0 aliphatic rings. The van der Waals surface area contributed by atoms with Gasteiger partial charge in [0, 0.05) is 6.42 Å². The Morgan fingerprint density at radius 2 is 1.39 bits per heavy atom. The first-order valence-electron chi connectivity index (χ1n) is 14.6. The largest absolute Gasteiger partial charge is 0.481 e. The number of carbonyl (C=O) groups excluding carboxylic acids is 5. The Morgan fingerprint density at radius 3 is 1.93 bits per heavy atom. The number of nitrogens with one attached hydrogen (secondary N) is 5. The predicted molar refractivity (Wildman–Crippen MR) is 164 cm³/mol. The molecule has 0 aliphatic heterocycles. The topological polar surface area (TPSA) is 292 Å². The van der Waals surface area contributed by atoms with Gasteiger partial charge in [-0.3, -0.25) is 28.8 Å². The van der Waals surface area contributed by atoms with Crippen LogP contribution in [-0.4, -0.2) is 106 Å². The highest BCUT2D eigenvalue weighted by Crippen LogP contribution is 2.08. The quantitative estimate of drug-likeness (QED) is 0.0635. The standard InChI is InChI=1S/C29H45N7O10/c1-16(32-28(46)29(2,3)36-26(43)21(15-37)35-24(41)18(31)14-22(38)39)23(40)34-20(13-17-9-5-4-6-10-17)25(42)33-19(27(44)45)11-7-8-12-30/h4-6,9-10,16,18-21,37H,7-8,11-15,30-31H2,1-3H3,(H,32,46)(H,33,42)(H,34,40)(H,35,41)(H,36,43)(H,38,39)(H,44,45)/t16-,18-,19-,20-,21-/m0/s1. The van der Waals surface area contributed by atoms with Crippen LogP contribution in [0.1, 0.15) is 52.0 Å². The fraction of sp³-hybridized carbons (Fsp3) is 0.552. The fourth-order valence-electron chi connectivity index (χ4n) is 4.03. The third-order valence-corrected chi connectivity index (χ3v) is 6.77. The van der Waals surface area contributed by atoms with Crippen LogP contribution in [0.2, 0.25) is 0 Å². The first-order chi connectivity index (χ1) is 21.5. The van der Waals surface area contributed by atoms with Gasteiger partial charge in [-0.05, 0) is 52.1 Å². The number of unbranched alkanes of at least 4 members (excludes halogenated alkanes) is 1. The Bertz CT molecular complexity index is 1230. The van der Waals surface area contributed by atoms with E-state index in [2.05, 4.69) is 26.6 Å². The Morgan fingerprint density at radius 1 is 0.804 bits per heavy atom. The molecule has 5 amide bonds. The van der Waals surface area contributed by atoms with Crippen molar-refractivity contribution in [3.05, 3.63) is 35.9 Å². The van der Waals surface area contributed by atoms with Gasteiger partial charge in [0.15, 0.2) is 0 Å². The van der Waals surface area contributed by atoms with Crippen LogP contribution in [0.4, 0.5) is 0 Å². The second-order valence-electron chi connectivity index (χ2n) is 11.2. The molecule has 17 nitrogen and oxygen atoms in total. The molecule has 5 atom stereocenters. The van der Waals surface area contributed by atoms with E-state index in [1.165, 1.54) is 20.8 Å². The molecule has 0 fully saturated rings. The lowest BCUT2D eigenvalue weighted by Gasteiger charge is -2.29. The molecule has 0 radical (unpaired) electrons. The zero-order valence-corrected chi connectivity index (χ0v) is 26.1. The molecule has 256 valence electrons. The molecule has 1 aromatic carbocycles. The molecule has 0 bridgehead atoms. The van der Waals surface area contributed by atoms with Gasteiger partial charge in [-0.1, -0.05) is 30.3 Å². The summed E-state index contributed by atoms with van der Waals surface area (Å²) >= 11 is 0. The third kappa shape index (κ3) is 13.6. The number of hydrogen-bond donors (Lipinski definition) is 10. The summed E-state index contributed by atoms with van der Waals surface area (Å²) in [6, 6.07) is 1.95. The molecule has 12 N–H and O–H groups in total. The van der Waals surface area contributed by atoms with E-state index in [-0.39, 0.29) is 12.8 Å². The maximum Gasteiger partial charge on any atom is 0.326 e. The van der Waals surface area contributed by atoms with Gasteiger partial charge < -0.3 is 53.4 Å². The van der Waals surface area contributed by atoms with E-state index >= 15 is 0 Å². The zero-order valence-electron chi connectivity index (χ0n) is 26.1. The van der Waals surface area contributed by atoms with Crippen molar-refractivity contribution in [2.45, 2.75) is 88.6 Å². The normalized spacial score (nSPS) is 14.4. The van der Waals surface area contributed by atoms with Gasteiger partial charge in [-0.25, -0.2) is 4.79 Å². The molecular weight excluding hydrogens is 606 g/mol. The van der Waals surface area contributed by atoms with Crippen LogP contribution < -0.4 is 38.1 Å². The smallest absolute Gasteiger partial charge is 0.326 e. The number of carboxylic acids is 2. The summed E-state index contributed by atoms with van der Waals surface area (Å²) in [4.78, 5) is 86.7. The molecule has 17 heteroatoms. The van der Waals surface area contributed by atoms with Gasteiger partial charge >= 0.3 is 11.9 Å². The Labute approximate surface area is 266 Å². The summed E-state index contributed by atoms with van der Waals surface area (Å²) < 4.78 is 0. The van der Waals surface area contributed by atoms with Crippen molar-refractivity contribution in [1.82, 2.24) is 26.6 Å². The molecule has 1 rings (SSSR count). The predicted octanol–water partition coefficient (Wildman–Crippen LogP) is -2.91. The highest BCUT2D eigenvalue weighted by Gasteiger charge is 2.35. The van der Waals surface area contributed by atoms with E-state index in [0.29, 0.717) is 24.9 Å². The van der Waals surface area contributed by atoms with Crippen LogP contribution in [-0.2, 0) is 40.0 Å². The van der Waals surface area contributed by atoms with Crippen LogP contribution >= 0.6 is 0 Å². The maximum absolute atomic E-state index is 13.2. The summed E-state index contributed by atoms with van der Waals surface area (Å²) in [5.41, 5.74) is 9.93. The minimum absolute atomic E-state index is 0.0140. The van der Waals surface area contributed by atoms with Crippen molar-refractivity contribution < 1.29 is 48.9 Å². The Balaban J connectivity index is 2.95. The number of carbonyl (C=O) groups is 7. The molecule has 0 aromatic heterocycles. The number of aliphatic hydroxyl groups is 1. The number of nitrogens with two attached hydrogens (primary N) is 2. The molecule has 1 aromatic rings. The number of aliphatic carboxylic acids is 2. The number of carboxylic acid groups (broad SMARTS) is 2. The second-order valence-corrected chi connectivity index (χ2v) is 11.2. The van der Waals surface area contributed by atoms with Crippen LogP contribution in [0.3, 0.4) is 0 Å². The van der Waals surface area contributed by atoms with Crippen molar-refractivity contribution in [2.75, 3.05) is 13.2 Å². The van der Waals surface area contributed by atoms with E-state index < -0.39 is 90.3 Å². The van der Waals surface area contributed by atoms with Crippen molar-refractivity contribution >= 4 is 41.5 Å². The van der Waals surface area contributed by atoms with Gasteiger partial charge in [0.1, 0.15) is 29.7 Å². The maximum atomic E-state index is 13.2. The fourth-order valence-corrected chi connectivity index (χ4v) is 4.03. The van der Waals surface area contributed by atoms with E-state index in [1.807, 2.05) is 0 Å². The van der Waals surface area contributed by atoms with Crippen molar-refractivity contribution in [1.29, 1.82) is 0 Å². The summed E-state index contributed by atoms with van der Waals surface area (Å²) in [7, 11) is 0. The SMILES string of the molecule is C[C@H](NC(=O)C(C)(C)NC(=O)[C@H](CO)NC(=O)[C@@H](N)CC(=O)O)C(=O)N[C@@H](Cc1ccccc1)C(=O)N[C@@H](CCCCN)C(=O)O. The summed E-state index contributed by atoms with van der Waals surface area (Å²) in [6.07, 6.45) is 0.451. The zero-order chi connectivity index (χ0) is 35.0. The van der Waals surface area contributed by atoms with Gasteiger partial charge in [-0.2, -0.15) is 0 Å². The molecule has 0 unspecified atom stereocenters. The van der Waals surface area contributed by atoms with Crippen LogP contribution in [0.15, 0.2) is 30.3 Å². The highest BCUT2D eigenvalue weighted by molar-refractivity contribution is 5.98. The van der Waals surface area contributed by atoms with Crippen LogP contribution in [0.5, 0.6) is 0 Å². The van der Waals surface area contributed by atoms with Crippen LogP contribution in [0, 0.1) is 0 Å². The number of hydrogen-bond acceptors (Lipinski definition) is 10. The molecule has 0 saturated carbocycles. The van der Waals surface area contributed by atoms with Gasteiger partial charge in [0.2, 0.25) is 29.5 Å². The molecule has 0 aliphatic carbocycles. The first-order valence-corrected chi connectivity index (χ1v) is 14.6. The minimum atomic E-state index is -1.69. The number of amides is 5. The van der Waals surface area contributed by atoms with E-state index in [1.54, 1.807) is 30.3 Å². The average Bonchev–Trinajstić information content (AvgIpc) is 2.98. The van der Waals surface area contributed by atoms with E-state index in [0.717, 1.165) is 0 Å². The van der Waals surface area contributed by atoms with Crippen molar-refractivity contribution in [3.8, 4) is 0 Å². The Kier molecular flexibility index (Phi) is 16.3. The third-order valence-electron chi connectivity index (χ3n) is 6.77. The Hall–Kier alpha value is -4.61. The van der Waals surface area contributed by atoms with Crippen molar-refractivity contribution in [2.24, 2.45) is 11.5 Å². The van der Waals surface area contributed by atoms with Crippen molar-refractivity contribution in [3.63, 3.8) is 0 Å². The van der Waals surface area contributed by atoms with E-state index in [4.69, 9.17) is 16.6 Å². The highest BCUT2D eigenvalue weighted by atomic mass is 16.4. The number of aliphatic hydroxyl groups excluding tert-OH is 1. The number of benzene rings is 1. The van der Waals surface area contributed by atoms with Gasteiger partial charge in [0.25, 0.3) is 0 Å². The molecule has 0 spiro atoms. The lowest BCUT2D eigenvalue weighted by molar-refractivity contribution is -0.142. The average molecular weight is 652 g/mol. The molecular formula is C29H45N7O10. The second kappa shape index (κ2) is 19.0. The molecule has 0 saturated heterocycles.